The van der Waals surface area contributed by atoms with Crippen molar-refractivity contribution < 1.29 is 5.11 Å². The average molecular weight is 197 g/mol. The highest BCUT2D eigenvalue weighted by molar-refractivity contribution is 5.67. The second-order valence-electron chi connectivity index (χ2n) is 2.63. The number of H-pyrrole nitrogens is 2. The molecule has 0 unspecified atom stereocenters. The van der Waals surface area contributed by atoms with Crippen molar-refractivity contribution in [1.82, 2.24) is 25.0 Å². The first-order chi connectivity index (χ1) is 6.74. The van der Waals surface area contributed by atoms with Crippen LogP contribution < -0.4 is 11.2 Å². The molecule has 0 radical (unpaired) electrons. The minimum atomic E-state index is -0.606. The van der Waals surface area contributed by atoms with E-state index in [1.165, 1.54) is 0 Å². The van der Waals surface area contributed by atoms with Crippen LogP contribution in [0.3, 0.4) is 0 Å². The standard InChI is InChI=1S/C6H7N5O3/c12-2-1-11-4-3(8-10-9-4)5(13)7-6(11)14/h12H,1-2H2,(H,7,13,14)(H,8,9,10). The summed E-state index contributed by atoms with van der Waals surface area (Å²) >= 11 is 0. The van der Waals surface area contributed by atoms with Crippen LogP contribution in [0.15, 0.2) is 9.59 Å². The maximum atomic E-state index is 11.3. The first-order valence-corrected chi connectivity index (χ1v) is 3.88. The van der Waals surface area contributed by atoms with Gasteiger partial charge in [-0.3, -0.25) is 14.3 Å². The summed E-state index contributed by atoms with van der Waals surface area (Å²) in [5.41, 5.74) is -0.996. The number of fused-ring (bicyclic) bond motifs is 1. The van der Waals surface area contributed by atoms with Gasteiger partial charge in [-0.05, 0) is 0 Å². The van der Waals surface area contributed by atoms with Gasteiger partial charge in [-0.2, -0.15) is 5.21 Å². The molecule has 0 atom stereocenters. The van der Waals surface area contributed by atoms with Crippen molar-refractivity contribution in [3.8, 4) is 0 Å². The molecule has 0 saturated carbocycles. The molecule has 3 N–H and O–H groups in total. The molecule has 0 spiro atoms. The minimum Gasteiger partial charge on any atom is -0.395 e. The zero-order chi connectivity index (χ0) is 10.1. The van der Waals surface area contributed by atoms with Crippen LogP contribution in [-0.4, -0.2) is 36.7 Å². The van der Waals surface area contributed by atoms with Crippen LogP contribution in [0.4, 0.5) is 0 Å². The van der Waals surface area contributed by atoms with Gasteiger partial charge in [-0.15, -0.1) is 10.2 Å². The molecule has 0 aromatic carbocycles. The maximum Gasteiger partial charge on any atom is 0.330 e. The Balaban J connectivity index is 2.86. The molecule has 8 nitrogen and oxygen atoms in total. The van der Waals surface area contributed by atoms with Gasteiger partial charge in [0.05, 0.1) is 13.2 Å². The van der Waals surface area contributed by atoms with Gasteiger partial charge in [0.15, 0.2) is 11.2 Å². The summed E-state index contributed by atoms with van der Waals surface area (Å²) < 4.78 is 1.14. The highest BCUT2D eigenvalue weighted by Crippen LogP contribution is 1.96. The van der Waals surface area contributed by atoms with Gasteiger partial charge in [0, 0.05) is 0 Å². The Labute approximate surface area is 76.2 Å². The van der Waals surface area contributed by atoms with Crippen molar-refractivity contribution in [1.29, 1.82) is 0 Å². The van der Waals surface area contributed by atoms with Crippen LogP contribution in [0.1, 0.15) is 0 Å². The van der Waals surface area contributed by atoms with Gasteiger partial charge < -0.3 is 5.11 Å². The summed E-state index contributed by atoms with van der Waals surface area (Å²) in [5.74, 6) is 0. The van der Waals surface area contributed by atoms with E-state index >= 15 is 0 Å². The Morgan fingerprint density at radius 1 is 1.36 bits per heavy atom. The fraction of sp³-hybridized carbons (Fsp3) is 0.333. The predicted molar refractivity (Wildman–Crippen MR) is 45.9 cm³/mol. The van der Waals surface area contributed by atoms with Crippen LogP contribution in [0.25, 0.3) is 11.2 Å². The molecule has 74 valence electrons. The molecular formula is C6H7N5O3. The number of nitrogens with one attached hydrogen (secondary N) is 2. The van der Waals surface area contributed by atoms with Crippen LogP contribution in [0.5, 0.6) is 0 Å². The summed E-state index contributed by atoms with van der Waals surface area (Å²) in [6.45, 7) is -0.146. The van der Waals surface area contributed by atoms with Crippen molar-refractivity contribution in [3.63, 3.8) is 0 Å². The summed E-state index contributed by atoms with van der Waals surface area (Å²) in [4.78, 5) is 24.5. The molecule has 0 saturated heterocycles. The van der Waals surface area contributed by atoms with Gasteiger partial charge in [0.2, 0.25) is 0 Å². The summed E-state index contributed by atoms with van der Waals surface area (Å²) in [6.07, 6.45) is 0. The number of hydrogen-bond acceptors (Lipinski definition) is 5. The molecule has 0 aliphatic heterocycles. The van der Waals surface area contributed by atoms with Crippen molar-refractivity contribution in [2.24, 2.45) is 0 Å². The molecule has 2 heterocycles. The zero-order valence-electron chi connectivity index (χ0n) is 7.02. The van der Waals surface area contributed by atoms with Crippen LogP contribution >= 0.6 is 0 Å². The number of aromatic nitrogens is 5. The Morgan fingerprint density at radius 3 is 2.86 bits per heavy atom. The highest BCUT2D eigenvalue weighted by atomic mass is 16.3. The van der Waals surface area contributed by atoms with Gasteiger partial charge >= 0.3 is 5.69 Å². The second kappa shape index (κ2) is 3.07. The molecule has 8 heteroatoms. The lowest BCUT2D eigenvalue weighted by Gasteiger charge is -2.00. The molecule has 0 fully saturated rings. The lowest BCUT2D eigenvalue weighted by atomic mass is 10.5. The molecule has 2 rings (SSSR count). The number of aliphatic hydroxyl groups is 1. The van der Waals surface area contributed by atoms with E-state index in [9.17, 15) is 9.59 Å². The second-order valence-corrected chi connectivity index (χ2v) is 2.63. The van der Waals surface area contributed by atoms with E-state index in [0.717, 1.165) is 4.57 Å². The SMILES string of the molecule is O=c1[nH]c(=O)n(CCO)c2n[nH]nc12. The Kier molecular flexibility index (Phi) is 1.89. The van der Waals surface area contributed by atoms with Crippen LogP contribution in [0.2, 0.25) is 0 Å². The molecule has 0 bridgehead atoms. The van der Waals surface area contributed by atoms with E-state index in [0.29, 0.717) is 0 Å². The topological polar surface area (TPSA) is 117 Å². The molecule has 0 aliphatic carbocycles. The summed E-state index contributed by atoms with van der Waals surface area (Å²) in [5, 5.41) is 18.2. The quantitative estimate of drug-likeness (QED) is 0.505. The monoisotopic (exact) mass is 197 g/mol. The van der Waals surface area contributed by atoms with E-state index in [-0.39, 0.29) is 24.3 Å². The number of hydrogen-bond donors (Lipinski definition) is 3. The van der Waals surface area contributed by atoms with E-state index in [1.807, 2.05) is 0 Å². The molecule has 2 aromatic heterocycles. The maximum absolute atomic E-state index is 11.3. The fourth-order valence-corrected chi connectivity index (χ4v) is 1.19. The van der Waals surface area contributed by atoms with E-state index in [1.54, 1.807) is 0 Å². The van der Waals surface area contributed by atoms with Crippen molar-refractivity contribution in [2.75, 3.05) is 6.61 Å². The zero-order valence-corrected chi connectivity index (χ0v) is 7.02. The fourth-order valence-electron chi connectivity index (χ4n) is 1.19. The highest BCUT2D eigenvalue weighted by Gasteiger charge is 2.09. The van der Waals surface area contributed by atoms with Gasteiger partial charge in [-0.1, -0.05) is 0 Å². The van der Waals surface area contributed by atoms with Crippen molar-refractivity contribution in [2.45, 2.75) is 6.54 Å². The largest absolute Gasteiger partial charge is 0.395 e. The number of aliphatic hydroxyl groups excluding tert-OH is 1. The van der Waals surface area contributed by atoms with Gasteiger partial charge in [0.1, 0.15) is 0 Å². The van der Waals surface area contributed by atoms with Crippen molar-refractivity contribution >= 4 is 11.2 Å². The minimum absolute atomic E-state index is 0.0538. The summed E-state index contributed by atoms with van der Waals surface area (Å²) in [7, 11) is 0. The molecule has 2 aromatic rings. The first kappa shape index (κ1) is 8.63. The Hall–Kier alpha value is -1.96. The molecular weight excluding hydrogens is 190 g/mol. The number of aromatic amines is 2. The summed E-state index contributed by atoms with van der Waals surface area (Å²) in [6, 6.07) is 0. The lowest BCUT2D eigenvalue weighted by Crippen LogP contribution is -2.31. The van der Waals surface area contributed by atoms with Crippen LogP contribution in [0, 0.1) is 0 Å². The van der Waals surface area contributed by atoms with Gasteiger partial charge in [0.25, 0.3) is 5.56 Å². The van der Waals surface area contributed by atoms with Gasteiger partial charge in [-0.25, -0.2) is 4.79 Å². The first-order valence-electron chi connectivity index (χ1n) is 3.88. The van der Waals surface area contributed by atoms with E-state index in [4.69, 9.17) is 5.11 Å². The predicted octanol–water partition coefficient (Wildman–Crippen LogP) is -2.20. The van der Waals surface area contributed by atoms with E-state index in [2.05, 4.69) is 20.4 Å². The number of rotatable bonds is 2. The normalized spacial score (nSPS) is 10.9. The van der Waals surface area contributed by atoms with E-state index < -0.39 is 11.2 Å². The molecule has 0 aliphatic rings. The third-order valence-corrected chi connectivity index (χ3v) is 1.79. The lowest BCUT2D eigenvalue weighted by molar-refractivity contribution is 0.275. The number of nitrogens with zero attached hydrogens (tertiary/aromatic N) is 3. The average Bonchev–Trinajstić information content (AvgIpc) is 2.60. The third-order valence-electron chi connectivity index (χ3n) is 1.79. The smallest absolute Gasteiger partial charge is 0.330 e. The van der Waals surface area contributed by atoms with Crippen LogP contribution in [-0.2, 0) is 6.54 Å². The Bertz CT molecular complexity index is 565. The third kappa shape index (κ3) is 1.12. The Morgan fingerprint density at radius 2 is 2.14 bits per heavy atom. The van der Waals surface area contributed by atoms with Crippen molar-refractivity contribution in [3.05, 3.63) is 20.8 Å². The molecule has 0 amide bonds. The molecule has 14 heavy (non-hydrogen) atoms.